The minimum Gasteiger partial charge on any atom is -0.377 e. The lowest BCUT2D eigenvalue weighted by molar-refractivity contribution is -0.135. The summed E-state index contributed by atoms with van der Waals surface area (Å²) in [7, 11) is 3.97. The Morgan fingerprint density at radius 2 is 1.86 bits per heavy atom. The molecule has 2 aromatic carbocycles. The Hall–Kier alpha value is -3.12. The van der Waals surface area contributed by atoms with Gasteiger partial charge in [-0.05, 0) is 53.7 Å². The second-order valence-corrected chi connectivity index (χ2v) is 10.6. The molecular formula is C29H39N3O3. The summed E-state index contributed by atoms with van der Waals surface area (Å²) >= 11 is 0. The highest BCUT2D eigenvalue weighted by Gasteiger charge is 2.26. The maximum atomic E-state index is 13.3. The topological polar surface area (TPSA) is 61.9 Å². The van der Waals surface area contributed by atoms with E-state index in [4.69, 9.17) is 4.74 Å². The summed E-state index contributed by atoms with van der Waals surface area (Å²) in [6.07, 6.45) is 5.88. The first kappa shape index (κ1) is 26.5. The predicted molar refractivity (Wildman–Crippen MR) is 143 cm³/mol. The van der Waals surface area contributed by atoms with Gasteiger partial charge in [-0.2, -0.15) is 0 Å². The smallest absolute Gasteiger partial charge is 0.248 e. The number of nitrogens with zero attached hydrogens (tertiary/aromatic N) is 2. The van der Waals surface area contributed by atoms with E-state index in [2.05, 4.69) is 26.1 Å². The fourth-order valence-corrected chi connectivity index (χ4v) is 4.21. The molecule has 0 aromatic heterocycles. The molecule has 1 N–H and O–H groups in total. The van der Waals surface area contributed by atoms with Crippen molar-refractivity contribution in [3.05, 3.63) is 65.7 Å². The zero-order valence-corrected chi connectivity index (χ0v) is 21.7. The summed E-state index contributed by atoms with van der Waals surface area (Å²) in [6, 6.07) is 15.6. The van der Waals surface area contributed by atoms with Crippen LogP contribution in [0.5, 0.6) is 0 Å². The van der Waals surface area contributed by atoms with Gasteiger partial charge in [0.1, 0.15) is 0 Å². The summed E-state index contributed by atoms with van der Waals surface area (Å²) in [6.45, 7) is 8.05. The molecule has 6 heteroatoms. The van der Waals surface area contributed by atoms with Crippen LogP contribution in [0.3, 0.4) is 0 Å². The summed E-state index contributed by atoms with van der Waals surface area (Å²) < 4.78 is 5.85. The quantitative estimate of drug-likeness (QED) is 0.495. The van der Waals surface area contributed by atoms with E-state index in [1.807, 2.05) is 72.4 Å². The lowest BCUT2D eigenvalue weighted by Gasteiger charge is -2.30. The highest BCUT2D eigenvalue weighted by molar-refractivity contribution is 6.02. The average molecular weight is 478 g/mol. The first-order chi connectivity index (χ1) is 16.6. The lowest BCUT2D eigenvalue weighted by Crippen LogP contribution is -2.38. The Morgan fingerprint density at radius 1 is 1.11 bits per heavy atom. The van der Waals surface area contributed by atoms with Gasteiger partial charge < -0.3 is 19.9 Å². The van der Waals surface area contributed by atoms with E-state index in [9.17, 15) is 9.59 Å². The van der Waals surface area contributed by atoms with Crippen LogP contribution in [0.1, 0.15) is 51.2 Å². The first-order valence-corrected chi connectivity index (χ1v) is 12.3. The summed E-state index contributed by atoms with van der Waals surface area (Å²) in [5.41, 5.74) is 3.57. The second-order valence-electron chi connectivity index (χ2n) is 10.6. The van der Waals surface area contributed by atoms with Crippen molar-refractivity contribution in [1.82, 2.24) is 4.90 Å². The Labute approximate surface area is 210 Å². The van der Waals surface area contributed by atoms with Crippen molar-refractivity contribution in [3.63, 3.8) is 0 Å². The van der Waals surface area contributed by atoms with Gasteiger partial charge in [-0.15, -0.1) is 0 Å². The largest absolute Gasteiger partial charge is 0.377 e. The van der Waals surface area contributed by atoms with Gasteiger partial charge in [0.05, 0.1) is 6.10 Å². The van der Waals surface area contributed by atoms with Crippen LogP contribution in [0.2, 0.25) is 0 Å². The van der Waals surface area contributed by atoms with E-state index in [0.29, 0.717) is 25.2 Å². The van der Waals surface area contributed by atoms with E-state index in [1.165, 1.54) is 6.08 Å². The second kappa shape index (κ2) is 12.0. The van der Waals surface area contributed by atoms with E-state index < -0.39 is 0 Å². The van der Waals surface area contributed by atoms with E-state index in [0.717, 1.165) is 36.3 Å². The molecule has 35 heavy (non-hydrogen) atoms. The number of rotatable bonds is 9. The molecule has 188 valence electrons. The van der Waals surface area contributed by atoms with Crippen LogP contribution in [0.25, 0.3) is 6.08 Å². The van der Waals surface area contributed by atoms with Crippen molar-refractivity contribution in [2.24, 2.45) is 5.41 Å². The highest BCUT2D eigenvalue weighted by atomic mass is 16.5. The van der Waals surface area contributed by atoms with Crippen LogP contribution in [0.4, 0.5) is 11.4 Å². The molecule has 1 aliphatic heterocycles. The maximum Gasteiger partial charge on any atom is 0.248 e. The number of carbonyl (C=O) groups excluding carboxylic acids is 2. The molecule has 0 bridgehead atoms. The van der Waals surface area contributed by atoms with Crippen LogP contribution in [0.15, 0.2) is 54.6 Å². The van der Waals surface area contributed by atoms with Gasteiger partial charge in [0, 0.05) is 57.7 Å². The number of benzene rings is 2. The molecular weight excluding hydrogens is 438 g/mol. The number of hydrogen-bond donors (Lipinski definition) is 1. The molecule has 1 aliphatic rings. The monoisotopic (exact) mass is 477 g/mol. The number of hydrogen-bond acceptors (Lipinski definition) is 4. The van der Waals surface area contributed by atoms with Gasteiger partial charge in [0.2, 0.25) is 11.8 Å². The van der Waals surface area contributed by atoms with E-state index >= 15 is 0 Å². The standard InChI is InChI=1S/C29H39N3O3/c1-29(2,3)19-28(34)32(21-25-12-9-17-35-25)20-23-18-24(14-15-26(23)31(4)5)30-27(33)16-13-22-10-7-6-8-11-22/h6-8,10-11,13-16,18,25H,9,12,17,19-21H2,1-5H3,(H,30,33)/b16-13+. The number of anilines is 2. The normalized spacial score (nSPS) is 15.9. The molecule has 1 heterocycles. The van der Waals surface area contributed by atoms with Crippen molar-refractivity contribution in [2.45, 2.75) is 52.7 Å². The van der Waals surface area contributed by atoms with Crippen molar-refractivity contribution in [2.75, 3.05) is 37.5 Å². The fraction of sp³-hybridized carbons (Fsp3) is 0.448. The predicted octanol–water partition coefficient (Wildman–Crippen LogP) is 5.35. The highest BCUT2D eigenvalue weighted by Crippen LogP contribution is 2.27. The molecule has 0 saturated carbocycles. The molecule has 2 amide bonds. The SMILES string of the molecule is CN(C)c1ccc(NC(=O)/C=C/c2ccccc2)cc1CN(CC1CCCO1)C(=O)CC(C)(C)C. The average Bonchev–Trinajstić information content (AvgIpc) is 3.30. The molecule has 1 fully saturated rings. The summed E-state index contributed by atoms with van der Waals surface area (Å²) in [5, 5.41) is 2.96. The van der Waals surface area contributed by atoms with Gasteiger partial charge in [-0.25, -0.2) is 0 Å². The minimum absolute atomic E-state index is 0.0766. The Balaban J connectivity index is 1.80. The number of carbonyl (C=O) groups is 2. The van der Waals surface area contributed by atoms with E-state index in [1.54, 1.807) is 6.08 Å². The molecule has 0 aliphatic carbocycles. The van der Waals surface area contributed by atoms with Gasteiger partial charge in [-0.1, -0.05) is 51.1 Å². The fourth-order valence-electron chi connectivity index (χ4n) is 4.21. The third-order valence-electron chi connectivity index (χ3n) is 5.90. The molecule has 0 radical (unpaired) electrons. The molecule has 3 rings (SSSR count). The van der Waals surface area contributed by atoms with Gasteiger partial charge >= 0.3 is 0 Å². The molecule has 1 unspecified atom stereocenters. The molecule has 6 nitrogen and oxygen atoms in total. The van der Waals surface area contributed by atoms with Gasteiger partial charge in [0.15, 0.2) is 0 Å². The minimum atomic E-state index is -0.197. The van der Waals surface area contributed by atoms with Gasteiger partial charge in [0.25, 0.3) is 0 Å². The summed E-state index contributed by atoms with van der Waals surface area (Å²) in [5.74, 6) is -0.0737. The van der Waals surface area contributed by atoms with Crippen molar-refractivity contribution in [3.8, 4) is 0 Å². The van der Waals surface area contributed by atoms with Crippen molar-refractivity contribution < 1.29 is 14.3 Å². The third kappa shape index (κ3) is 8.55. The number of amides is 2. The number of nitrogens with one attached hydrogen (secondary N) is 1. The molecule has 1 atom stereocenters. The molecule has 0 spiro atoms. The zero-order valence-electron chi connectivity index (χ0n) is 21.7. The van der Waals surface area contributed by atoms with Crippen LogP contribution >= 0.6 is 0 Å². The van der Waals surface area contributed by atoms with E-state index in [-0.39, 0.29) is 23.3 Å². The lowest BCUT2D eigenvalue weighted by atomic mass is 9.91. The van der Waals surface area contributed by atoms with Crippen LogP contribution in [0, 0.1) is 5.41 Å². The maximum absolute atomic E-state index is 13.3. The summed E-state index contributed by atoms with van der Waals surface area (Å²) in [4.78, 5) is 29.8. The molecule has 1 saturated heterocycles. The number of ether oxygens (including phenoxy) is 1. The Kier molecular flexibility index (Phi) is 9.10. The van der Waals surface area contributed by atoms with Crippen LogP contribution in [-0.2, 0) is 20.9 Å². The van der Waals surface area contributed by atoms with Gasteiger partial charge in [-0.3, -0.25) is 9.59 Å². The Morgan fingerprint density at radius 3 is 2.49 bits per heavy atom. The molecule has 2 aromatic rings. The first-order valence-electron chi connectivity index (χ1n) is 12.3. The van der Waals surface area contributed by atoms with Crippen molar-refractivity contribution >= 4 is 29.3 Å². The van der Waals surface area contributed by atoms with Crippen LogP contribution < -0.4 is 10.2 Å². The Bertz CT molecular complexity index is 1020. The third-order valence-corrected chi connectivity index (χ3v) is 5.90. The van der Waals surface area contributed by atoms with Crippen LogP contribution in [-0.4, -0.2) is 50.1 Å². The zero-order chi connectivity index (χ0) is 25.4. The van der Waals surface area contributed by atoms with Crippen molar-refractivity contribution in [1.29, 1.82) is 0 Å².